The quantitative estimate of drug-likeness (QED) is 0.800. The fraction of sp³-hybridized carbons (Fsp3) is 1.00. The van der Waals surface area contributed by atoms with Crippen molar-refractivity contribution in [3.8, 4) is 0 Å². The summed E-state index contributed by atoms with van der Waals surface area (Å²) in [5.74, 6) is 0.728. The fourth-order valence-electron chi connectivity index (χ4n) is 1.70. The Morgan fingerprint density at radius 3 is 2.53 bits per heavy atom. The van der Waals surface area contributed by atoms with Crippen molar-refractivity contribution in [2.45, 2.75) is 37.5 Å². The van der Waals surface area contributed by atoms with Gasteiger partial charge in [0.05, 0.1) is 11.5 Å². The summed E-state index contributed by atoms with van der Waals surface area (Å²) in [5.41, 5.74) is 0. The van der Waals surface area contributed by atoms with Crippen molar-refractivity contribution in [3.63, 3.8) is 0 Å². The van der Waals surface area contributed by atoms with Crippen LogP contribution < -0.4 is 5.32 Å². The number of nitrogens with one attached hydrogen (secondary N) is 1. The smallest absolute Gasteiger partial charge is 0.150 e. The van der Waals surface area contributed by atoms with Gasteiger partial charge in [-0.05, 0) is 32.1 Å². The predicted molar refractivity (Wildman–Crippen MR) is 67.3 cm³/mol. The third-order valence-corrected chi connectivity index (χ3v) is 5.70. The van der Waals surface area contributed by atoms with Gasteiger partial charge in [-0.1, -0.05) is 6.92 Å². The van der Waals surface area contributed by atoms with Crippen LogP contribution in [0.5, 0.6) is 0 Å². The van der Waals surface area contributed by atoms with Gasteiger partial charge in [-0.15, -0.1) is 0 Å². The van der Waals surface area contributed by atoms with Crippen LogP contribution in [0.4, 0.5) is 0 Å². The highest BCUT2D eigenvalue weighted by molar-refractivity contribution is 7.99. The van der Waals surface area contributed by atoms with E-state index in [4.69, 9.17) is 0 Å². The highest BCUT2D eigenvalue weighted by atomic mass is 32.2. The van der Waals surface area contributed by atoms with Crippen molar-refractivity contribution in [1.82, 2.24) is 5.32 Å². The van der Waals surface area contributed by atoms with E-state index >= 15 is 0 Å². The number of hydrogen-bond donors (Lipinski definition) is 1. The van der Waals surface area contributed by atoms with E-state index in [1.54, 1.807) is 0 Å². The molecule has 1 aliphatic rings. The third-order valence-electron chi connectivity index (χ3n) is 2.94. The molecule has 0 saturated carbocycles. The molecule has 0 bridgehead atoms. The molecule has 5 heteroatoms. The summed E-state index contributed by atoms with van der Waals surface area (Å²) in [5, 5.41) is 4.13. The Morgan fingerprint density at radius 1 is 1.40 bits per heavy atom. The second-order valence-electron chi connectivity index (χ2n) is 4.22. The van der Waals surface area contributed by atoms with Crippen molar-refractivity contribution < 1.29 is 8.42 Å². The molecule has 1 N–H and O–H groups in total. The van der Waals surface area contributed by atoms with Gasteiger partial charge >= 0.3 is 0 Å². The lowest BCUT2D eigenvalue weighted by atomic mass is 10.1. The lowest BCUT2D eigenvalue weighted by Crippen LogP contribution is -2.38. The van der Waals surface area contributed by atoms with E-state index in [0.717, 1.165) is 25.8 Å². The summed E-state index contributed by atoms with van der Waals surface area (Å²) < 4.78 is 22.4. The highest BCUT2D eigenvalue weighted by Crippen LogP contribution is 2.13. The Hall–Kier alpha value is 0.260. The van der Waals surface area contributed by atoms with Crippen molar-refractivity contribution in [2.24, 2.45) is 0 Å². The summed E-state index contributed by atoms with van der Waals surface area (Å²) in [4.78, 5) is 0. The Labute approximate surface area is 97.3 Å². The maximum absolute atomic E-state index is 11.2. The average molecular weight is 251 g/mol. The van der Waals surface area contributed by atoms with Crippen LogP contribution in [-0.4, -0.2) is 44.0 Å². The normalized spacial score (nSPS) is 23.9. The third kappa shape index (κ3) is 5.22. The van der Waals surface area contributed by atoms with Crippen molar-refractivity contribution in [1.29, 1.82) is 0 Å². The van der Waals surface area contributed by atoms with E-state index in [0.29, 0.717) is 22.8 Å². The summed E-state index contributed by atoms with van der Waals surface area (Å²) in [6.45, 7) is 3.23. The monoisotopic (exact) mass is 251 g/mol. The van der Waals surface area contributed by atoms with Crippen LogP contribution in [0, 0.1) is 0 Å². The summed E-state index contributed by atoms with van der Waals surface area (Å²) >= 11 is 1.88. The molecule has 1 saturated heterocycles. The number of sulfone groups is 1. The SMILES string of the molecule is CSC(C)CCNC1CCS(=O)(=O)CC1. The van der Waals surface area contributed by atoms with E-state index in [1.807, 2.05) is 11.8 Å². The molecule has 0 aromatic heterocycles. The first-order chi connectivity index (χ1) is 7.03. The van der Waals surface area contributed by atoms with Gasteiger partial charge in [0.25, 0.3) is 0 Å². The van der Waals surface area contributed by atoms with E-state index in [2.05, 4.69) is 18.5 Å². The first kappa shape index (κ1) is 13.3. The van der Waals surface area contributed by atoms with E-state index in [1.165, 1.54) is 0 Å². The zero-order valence-corrected chi connectivity index (χ0v) is 11.2. The minimum atomic E-state index is -2.71. The lowest BCUT2D eigenvalue weighted by Gasteiger charge is -2.23. The molecule has 1 atom stereocenters. The molecule has 3 nitrogen and oxygen atoms in total. The molecular formula is C10H21NO2S2. The largest absolute Gasteiger partial charge is 0.314 e. The minimum Gasteiger partial charge on any atom is -0.314 e. The van der Waals surface area contributed by atoms with Gasteiger partial charge in [-0.25, -0.2) is 8.42 Å². The Kier molecular flexibility index (Phi) is 5.43. The molecule has 1 unspecified atom stereocenters. The maximum Gasteiger partial charge on any atom is 0.150 e. The van der Waals surface area contributed by atoms with Gasteiger partial charge < -0.3 is 5.32 Å². The standard InChI is InChI=1S/C10H21NO2S2/c1-9(14-2)3-6-11-10-4-7-15(12,13)8-5-10/h9-11H,3-8H2,1-2H3. The highest BCUT2D eigenvalue weighted by Gasteiger charge is 2.22. The molecule has 1 rings (SSSR count). The van der Waals surface area contributed by atoms with Gasteiger partial charge in [0.15, 0.2) is 0 Å². The molecule has 1 heterocycles. The summed E-state index contributed by atoms with van der Waals surface area (Å²) in [6, 6.07) is 0.419. The van der Waals surface area contributed by atoms with Gasteiger partial charge in [0.1, 0.15) is 9.84 Å². The Morgan fingerprint density at radius 2 is 2.00 bits per heavy atom. The van der Waals surface area contributed by atoms with Crippen molar-refractivity contribution >= 4 is 21.6 Å². The molecule has 1 fully saturated rings. The van der Waals surface area contributed by atoms with Gasteiger partial charge in [0, 0.05) is 11.3 Å². The maximum atomic E-state index is 11.2. The van der Waals surface area contributed by atoms with Gasteiger partial charge in [0.2, 0.25) is 0 Å². The van der Waals surface area contributed by atoms with Crippen LogP contribution in [0.3, 0.4) is 0 Å². The Bertz CT molecular complexity index is 263. The van der Waals surface area contributed by atoms with Gasteiger partial charge in [-0.2, -0.15) is 11.8 Å². The average Bonchev–Trinajstić information content (AvgIpc) is 2.20. The number of hydrogen-bond acceptors (Lipinski definition) is 4. The number of thioether (sulfide) groups is 1. The molecule has 1 aliphatic heterocycles. The molecule has 90 valence electrons. The van der Waals surface area contributed by atoms with E-state index < -0.39 is 9.84 Å². The fourth-order valence-corrected chi connectivity index (χ4v) is 3.55. The lowest BCUT2D eigenvalue weighted by molar-refractivity contribution is 0.460. The van der Waals surface area contributed by atoms with Crippen LogP contribution >= 0.6 is 11.8 Å². The zero-order chi connectivity index (χ0) is 11.3. The van der Waals surface area contributed by atoms with Crippen LogP contribution in [-0.2, 0) is 9.84 Å². The molecule has 0 aromatic carbocycles. The summed E-state index contributed by atoms with van der Waals surface area (Å²) in [7, 11) is -2.71. The van der Waals surface area contributed by atoms with Crippen LogP contribution in [0.25, 0.3) is 0 Å². The first-order valence-electron chi connectivity index (χ1n) is 5.50. The van der Waals surface area contributed by atoms with Crippen LogP contribution in [0.1, 0.15) is 26.2 Å². The van der Waals surface area contributed by atoms with Crippen molar-refractivity contribution in [2.75, 3.05) is 24.3 Å². The molecule has 15 heavy (non-hydrogen) atoms. The topological polar surface area (TPSA) is 46.2 Å². The zero-order valence-electron chi connectivity index (χ0n) is 9.53. The molecular weight excluding hydrogens is 230 g/mol. The molecule has 0 aliphatic carbocycles. The first-order valence-corrected chi connectivity index (χ1v) is 8.61. The van der Waals surface area contributed by atoms with E-state index in [-0.39, 0.29) is 0 Å². The second kappa shape index (κ2) is 6.11. The minimum absolute atomic E-state index is 0.364. The summed E-state index contributed by atoms with van der Waals surface area (Å²) in [6.07, 6.45) is 4.86. The molecule has 0 aromatic rings. The Balaban J connectivity index is 2.14. The second-order valence-corrected chi connectivity index (χ2v) is 7.79. The number of rotatable bonds is 5. The van der Waals surface area contributed by atoms with Crippen LogP contribution in [0.15, 0.2) is 0 Å². The molecule has 0 radical (unpaired) electrons. The van der Waals surface area contributed by atoms with Crippen molar-refractivity contribution in [3.05, 3.63) is 0 Å². The van der Waals surface area contributed by atoms with Crippen LogP contribution in [0.2, 0.25) is 0 Å². The molecule has 0 amide bonds. The molecule has 0 spiro atoms. The predicted octanol–water partition coefficient (Wildman–Crippen LogP) is 1.29. The van der Waals surface area contributed by atoms with E-state index in [9.17, 15) is 8.42 Å². The van der Waals surface area contributed by atoms with Gasteiger partial charge in [-0.3, -0.25) is 0 Å².